The molecular formula is C12H6F6N2S2. The van der Waals surface area contributed by atoms with E-state index in [1.165, 1.54) is 12.1 Å². The van der Waals surface area contributed by atoms with Crippen molar-refractivity contribution in [2.45, 2.75) is 22.1 Å². The third kappa shape index (κ3) is 4.07. The van der Waals surface area contributed by atoms with Gasteiger partial charge >= 0.3 is 12.4 Å². The second-order valence-corrected chi connectivity index (χ2v) is 6.08. The van der Waals surface area contributed by atoms with Crippen LogP contribution in [-0.2, 0) is 12.4 Å². The number of nitrogens with zero attached hydrogens (tertiary/aromatic N) is 2. The largest absolute Gasteiger partial charge is 0.434 e. The van der Waals surface area contributed by atoms with Gasteiger partial charge in [0.25, 0.3) is 0 Å². The Kier molecular flexibility index (Phi) is 4.90. The second kappa shape index (κ2) is 6.37. The number of rotatable bonds is 3. The van der Waals surface area contributed by atoms with Crippen molar-refractivity contribution in [2.75, 3.05) is 0 Å². The smallest absolute Gasteiger partial charge is 0.251 e. The van der Waals surface area contributed by atoms with E-state index in [2.05, 4.69) is 9.97 Å². The molecule has 2 rings (SSSR count). The lowest BCUT2D eigenvalue weighted by molar-refractivity contribution is -0.144. The summed E-state index contributed by atoms with van der Waals surface area (Å²) in [4.78, 5) is 5.94. The lowest BCUT2D eigenvalue weighted by Crippen LogP contribution is -2.10. The molecule has 118 valence electrons. The van der Waals surface area contributed by atoms with E-state index in [4.69, 9.17) is 0 Å². The van der Waals surface area contributed by atoms with E-state index >= 15 is 0 Å². The quantitative estimate of drug-likeness (QED) is 0.550. The van der Waals surface area contributed by atoms with E-state index in [9.17, 15) is 26.3 Å². The summed E-state index contributed by atoms with van der Waals surface area (Å²) in [5.41, 5.74) is -2.27. The van der Waals surface area contributed by atoms with E-state index in [1.54, 1.807) is 0 Å². The van der Waals surface area contributed by atoms with Crippen molar-refractivity contribution in [3.63, 3.8) is 0 Å². The highest BCUT2D eigenvalue weighted by atomic mass is 33.1. The number of hydrogen-bond acceptors (Lipinski definition) is 4. The summed E-state index contributed by atoms with van der Waals surface area (Å²) in [6.07, 6.45) is -7.40. The molecule has 2 aromatic heterocycles. The lowest BCUT2D eigenvalue weighted by Gasteiger charge is -2.12. The number of hydrogen-bond donors (Lipinski definition) is 0. The van der Waals surface area contributed by atoms with Crippen LogP contribution in [0.3, 0.4) is 0 Å². The summed E-state index contributed by atoms with van der Waals surface area (Å²) in [6, 6.07) is 4.87. The lowest BCUT2D eigenvalue weighted by atomic mass is 10.3. The maximum atomic E-state index is 12.8. The van der Waals surface area contributed by atoms with Gasteiger partial charge in [-0.15, -0.1) is 0 Å². The van der Waals surface area contributed by atoms with Crippen LogP contribution < -0.4 is 0 Å². The van der Waals surface area contributed by atoms with Crippen LogP contribution in [0.2, 0.25) is 0 Å². The molecule has 0 bridgehead atoms. The molecule has 0 fully saturated rings. The molecule has 0 amide bonds. The van der Waals surface area contributed by atoms with E-state index in [1.807, 2.05) is 0 Å². The molecule has 2 aromatic rings. The van der Waals surface area contributed by atoms with Crippen LogP contribution in [0, 0.1) is 0 Å². The molecule has 0 spiro atoms. The minimum absolute atomic E-state index is 0.267. The summed E-state index contributed by atoms with van der Waals surface area (Å²) in [7, 11) is 1.10. The average Bonchev–Trinajstić information content (AvgIpc) is 2.44. The van der Waals surface area contributed by atoms with Crippen molar-refractivity contribution in [1.29, 1.82) is 0 Å². The molecule has 0 radical (unpaired) electrons. The van der Waals surface area contributed by atoms with Gasteiger partial charge in [-0.1, -0.05) is 21.6 Å². The zero-order valence-corrected chi connectivity index (χ0v) is 12.1. The molecule has 0 saturated heterocycles. The van der Waals surface area contributed by atoms with E-state index in [0.717, 1.165) is 24.5 Å². The molecule has 2 nitrogen and oxygen atoms in total. The van der Waals surface area contributed by atoms with Crippen LogP contribution in [-0.4, -0.2) is 9.97 Å². The third-order valence-electron chi connectivity index (χ3n) is 2.30. The summed E-state index contributed by atoms with van der Waals surface area (Å²) in [5, 5.41) is 0. The van der Waals surface area contributed by atoms with Crippen LogP contribution in [0.15, 0.2) is 46.5 Å². The fraction of sp³-hybridized carbons (Fsp3) is 0.167. The Hall–Kier alpha value is -1.42. The van der Waals surface area contributed by atoms with Crippen LogP contribution in [0.5, 0.6) is 0 Å². The highest BCUT2D eigenvalue weighted by molar-refractivity contribution is 8.76. The zero-order valence-electron chi connectivity index (χ0n) is 10.4. The minimum Gasteiger partial charge on any atom is -0.251 e. The SMILES string of the molecule is FC(F)(F)c1ncccc1SSc1cccnc1C(F)(F)F. The molecule has 22 heavy (non-hydrogen) atoms. The normalized spacial score (nSPS) is 12.5. The van der Waals surface area contributed by atoms with Crippen LogP contribution in [0.1, 0.15) is 11.4 Å². The molecule has 10 heteroatoms. The monoisotopic (exact) mass is 356 g/mol. The predicted molar refractivity (Wildman–Crippen MR) is 70.2 cm³/mol. The Balaban J connectivity index is 2.26. The first kappa shape index (κ1) is 16.9. The standard InChI is InChI=1S/C12H6F6N2S2/c13-11(14,15)9-7(3-1-5-19-9)21-22-8-4-2-6-20-10(8)12(16,17)18/h1-6H. The topological polar surface area (TPSA) is 25.8 Å². The molecule has 2 heterocycles. The first-order valence-corrected chi connectivity index (χ1v) is 7.73. The Labute approximate surface area is 128 Å². The van der Waals surface area contributed by atoms with E-state index in [0.29, 0.717) is 21.6 Å². The minimum atomic E-state index is -4.67. The van der Waals surface area contributed by atoms with Gasteiger partial charge < -0.3 is 0 Å². The number of alkyl halides is 6. The van der Waals surface area contributed by atoms with Gasteiger partial charge in [0.05, 0.1) is 0 Å². The summed E-state index contributed by atoms with van der Waals surface area (Å²) in [5.74, 6) is 0. The van der Waals surface area contributed by atoms with Crippen LogP contribution in [0.4, 0.5) is 26.3 Å². The molecule has 0 aliphatic rings. The van der Waals surface area contributed by atoms with Crippen molar-refractivity contribution in [3.05, 3.63) is 48.0 Å². The van der Waals surface area contributed by atoms with Gasteiger partial charge in [-0.25, -0.2) is 0 Å². The van der Waals surface area contributed by atoms with Crippen molar-refractivity contribution in [3.8, 4) is 0 Å². The van der Waals surface area contributed by atoms with Gasteiger partial charge in [-0.05, 0) is 24.3 Å². The predicted octanol–water partition coefficient (Wildman–Crippen LogP) is 5.31. The summed E-state index contributed by atoms with van der Waals surface area (Å²) in [6.45, 7) is 0. The van der Waals surface area contributed by atoms with Crippen LogP contribution in [0.25, 0.3) is 0 Å². The Morgan fingerprint density at radius 1 is 0.682 bits per heavy atom. The van der Waals surface area contributed by atoms with Crippen molar-refractivity contribution in [1.82, 2.24) is 9.97 Å². The summed E-state index contributed by atoms with van der Waals surface area (Å²) < 4.78 is 76.6. The number of pyridine rings is 2. The first-order valence-electron chi connectivity index (χ1n) is 5.58. The number of aromatic nitrogens is 2. The Morgan fingerprint density at radius 3 is 1.36 bits per heavy atom. The molecule has 0 N–H and O–H groups in total. The molecule has 0 saturated carbocycles. The van der Waals surface area contributed by atoms with Gasteiger partial charge in [0.1, 0.15) is 0 Å². The molecule has 0 aliphatic carbocycles. The van der Waals surface area contributed by atoms with Gasteiger partial charge in [0.15, 0.2) is 11.4 Å². The molecule has 0 unspecified atom stereocenters. The van der Waals surface area contributed by atoms with Gasteiger partial charge in [-0.3, -0.25) is 9.97 Å². The van der Waals surface area contributed by atoms with Crippen molar-refractivity contribution < 1.29 is 26.3 Å². The van der Waals surface area contributed by atoms with E-state index in [-0.39, 0.29) is 9.79 Å². The Morgan fingerprint density at radius 2 is 1.05 bits per heavy atom. The fourth-order valence-electron chi connectivity index (χ4n) is 1.43. The molecule has 0 aliphatic heterocycles. The third-order valence-corrected chi connectivity index (χ3v) is 4.73. The van der Waals surface area contributed by atoms with Crippen molar-refractivity contribution >= 4 is 21.6 Å². The Bertz CT molecular complexity index is 599. The molecular weight excluding hydrogens is 350 g/mol. The second-order valence-electron chi connectivity index (χ2n) is 3.86. The first-order chi connectivity index (χ1) is 10.2. The zero-order chi connectivity index (χ0) is 16.4. The fourth-order valence-corrected chi connectivity index (χ4v) is 3.72. The van der Waals surface area contributed by atoms with Crippen molar-refractivity contribution in [2.24, 2.45) is 0 Å². The highest BCUT2D eigenvalue weighted by Crippen LogP contribution is 2.45. The molecule has 0 aromatic carbocycles. The van der Waals surface area contributed by atoms with Gasteiger partial charge in [0.2, 0.25) is 0 Å². The highest BCUT2D eigenvalue weighted by Gasteiger charge is 2.37. The average molecular weight is 356 g/mol. The van der Waals surface area contributed by atoms with E-state index < -0.39 is 23.7 Å². The maximum absolute atomic E-state index is 12.8. The molecule has 0 atom stereocenters. The maximum Gasteiger partial charge on any atom is 0.434 e. The van der Waals surface area contributed by atoms with Gasteiger partial charge in [0, 0.05) is 22.2 Å². The summed E-state index contributed by atoms with van der Waals surface area (Å²) >= 11 is 0. The van der Waals surface area contributed by atoms with Crippen LogP contribution >= 0.6 is 21.6 Å². The number of halogens is 6. The van der Waals surface area contributed by atoms with Gasteiger partial charge in [-0.2, -0.15) is 26.3 Å².